The van der Waals surface area contributed by atoms with Crippen LogP contribution in [0.1, 0.15) is 50.2 Å². The predicted octanol–water partition coefficient (Wildman–Crippen LogP) is 3.85. The largest absolute Gasteiger partial charge is 0.340 e. The zero-order valence-electron chi connectivity index (χ0n) is 13.7. The van der Waals surface area contributed by atoms with Gasteiger partial charge < -0.3 is 4.90 Å². The number of carbonyl (C=O) groups is 2. The molecule has 0 N–H and O–H groups in total. The van der Waals surface area contributed by atoms with E-state index in [4.69, 9.17) is 0 Å². The average Bonchev–Trinajstić information content (AvgIpc) is 3.03. The van der Waals surface area contributed by atoms with Crippen LogP contribution in [0.5, 0.6) is 0 Å². The first-order chi connectivity index (χ1) is 11.2. The van der Waals surface area contributed by atoms with E-state index in [1.807, 2.05) is 35.2 Å². The molecule has 1 aliphatic rings. The number of amides is 1. The average molecular weight is 312 g/mol. The molecule has 23 heavy (non-hydrogen) atoms. The molecular weight excluding hydrogens is 288 g/mol. The molecule has 4 heteroatoms. The van der Waals surface area contributed by atoms with Crippen LogP contribution in [0.15, 0.2) is 36.5 Å². The van der Waals surface area contributed by atoms with Crippen LogP contribution in [-0.4, -0.2) is 33.9 Å². The Morgan fingerprint density at radius 1 is 1.09 bits per heavy atom. The van der Waals surface area contributed by atoms with E-state index in [0.29, 0.717) is 12.5 Å². The van der Waals surface area contributed by atoms with Gasteiger partial charge in [-0.3, -0.25) is 14.2 Å². The van der Waals surface area contributed by atoms with Crippen molar-refractivity contribution >= 4 is 22.7 Å². The van der Waals surface area contributed by atoms with Gasteiger partial charge in [0, 0.05) is 37.0 Å². The minimum absolute atomic E-state index is 0.00962. The smallest absolute Gasteiger partial charge is 0.231 e. The second-order valence-corrected chi connectivity index (χ2v) is 6.28. The van der Waals surface area contributed by atoms with Gasteiger partial charge in [0.05, 0.1) is 5.52 Å². The number of fused-ring (bicyclic) bond motifs is 1. The van der Waals surface area contributed by atoms with Crippen molar-refractivity contribution in [3.8, 4) is 0 Å². The lowest BCUT2D eigenvalue weighted by atomic mass is 9.99. The quantitative estimate of drug-likeness (QED) is 0.860. The Bertz CT molecular complexity index is 704. The fourth-order valence-electron chi connectivity index (χ4n) is 3.53. The van der Waals surface area contributed by atoms with E-state index in [2.05, 4.69) is 6.92 Å². The second kappa shape index (κ2) is 6.99. The van der Waals surface area contributed by atoms with Gasteiger partial charge in [0.2, 0.25) is 11.8 Å². The van der Waals surface area contributed by atoms with Crippen molar-refractivity contribution in [3.05, 3.63) is 36.5 Å². The summed E-state index contributed by atoms with van der Waals surface area (Å²) in [6, 6.07) is 10.1. The minimum atomic E-state index is -0.00962. The number of hydrogen-bond donors (Lipinski definition) is 0. The Kier molecular flexibility index (Phi) is 4.79. The van der Waals surface area contributed by atoms with Gasteiger partial charge in [-0.15, -0.1) is 0 Å². The van der Waals surface area contributed by atoms with Crippen molar-refractivity contribution in [2.24, 2.45) is 0 Å². The molecule has 0 radical (unpaired) electrons. The van der Waals surface area contributed by atoms with Crippen LogP contribution in [0.3, 0.4) is 0 Å². The first-order valence-electron chi connectivity index (χ1n) is 8.59. The third kappa shape index (κ3) is 3.31. The summed E-state index contributed by atoms with van der Waals surface area (Å²) in [7, 11) is 0. The first kappa shape index (κ1) is 15.8. The van der Waals surface area contributed by atoms with E-state index in [0.717, 1.165) is 36.7 Å². The van der Waals surface area contributed by atoms with Gasteiger partial charge in [-0.1, -0.05) is 25.1 Å². The van der Waals surface area contributed by atoms with Crippen LogP contribution in [0.4, 0.5) is 0 Å². The lowest BCUT2D eigenvalue weighted by Gasteiger charge is -2.35. The van der Waals surface area contributed by atoms with Gasteiger partial charge >= 0.3 is 0 Å². The maximum Gasteiger partial charge on any atom is 0.231 e. The second-order valence-electron chi connectivity index (χ2n) is 6.28. The van der Waals surface area contributed by atoms with Gasteiger partial charge in [0.15, 0.2) is 0 Å². The molecule has 0 spiro atoms. The maximum absolute atomic E-state index is 12.5. The number of carbonyl (C=O) groups excluding carboxylic acids is 2. The van der Waals surface area contributed by atoms with E-state index >= 15 is 0 Å². The number of piperidine rings is 1. The molecule has 1 aliphatic heterocycles. The topological polar surface area (TPSA) is 42.3 Å². The fraction of sp³-hybridized carbons (Fsp3) is 0.474. The van der Waals surface area contributed by atoms with E-state index in [-0.39, 0.29) is 18.2 Å². The van der Waals surface area contributed by atoms with Crippen molar-refractivity contribution in [1.82, 2.24) is 9.47 Å². The monoisotopic (exact) mass is 312 g/mol. The van der Waals surface area contributed by atoms with Crippen LogP contribution in [-0.2, 0) is 4.79 Å². The third-order valence-electron chi connectivity index (χ3n) is 4.84. The SMILES string of the molecule is CCC1CCCCN1C(=O)CCC(=O)n1ccc2ccccc21. The molecule has 1 fully saturated rings. The molecule has 122 valence electrons. The van der Waals surface area contributed by atoms with Crippen molar-refractivity contribution in [2.75, 3.05) is 6.54 Å². The highest BCUT2D eigenvalue weighted by atomic mass is 16.2. The minimum Gasteiger partial charge on any atom is -0.340 e. The van der Waals surface area contributed by atoms with Crippen LogP contribution in [0, 0.1) is 0 Å². The Labute approximate surface area is 137 Å². The number of rotatable bonds is 4. The highest BCUT2D eigenvalue weighted by Crippen LogP contribution is 2.21. The molecule has 0 saturated carbocycles. The molecule has 1 atom stereocenters. The van der Waals surface area contributed by atoms with Gasteiger partial charge in [0.25, 0.3) is 0 Å². The summed E-state index contributed by atoms with van der Waals surface area (Å²) < 4.78 is 1.66. The number of hydrogen-bond acceptors (Lipinski definition) is 2. The molecular formula is C19H24N2O2. The zero-order chi connectivity index (χ0) is 16.2. The van der Waals surface area contributed by atoms with Gasteiger partial charge in [-0.05, 0) is 37.8 Å². The first-order valence-corrected chi connectivity index (χ1v) is 8.59. The Morgan fingerprint density at radius 2 is 1.87 bits per heavy atom. The number of nitrogens with zero attached hydrogens (tertiary/aromatic N) is 2. The summed E-state index contributed by atoms with van der Waals surface area (Å²) in [5, 5.41) is 1.05. The number of benzene rings is 1. The number of likely N-dealkylation sites (tertiary alicyclic amines) is 1. The molecule has 2 aromatic rings. The number of para-hydroxylation sites is 1. The standard InChI is InChI=1S/C19H24N2O2/c1-2-16-8-5-6-13-20(16)18(22)10-11-19(23)21-14-12-15-7-3-4-9-17(15)21/h3-4,7,9,12,14,16H,2,5-6,8,10-11,13H2,1H3. The molecule has 1 saturated heterocycles. The summed E-state index contributed by atoms with van der Waals surface area (Å²) in [5.74, 6) is 0.117. The highest BCUT2D eigenvalue weighted by molar-refractivity contribution is 5.94. The van der Waals surface area contributed by atoms with Gasteiger partial charge in [-0.25, -0.2) is 0 Å². The van der Waals surface area contributed by atoms with Gasteiger partial charge in [-0.2, -0.15) is 0 Å². The molecule has 1 amide bonds. The Hall–Kier alpha value is -2.10. The molecule has 2 heterocycles. The summed E-state index contributed by atoms with van der Waals surface area (Å²) in [6.45, 7) is 2.98. The molecule has 1 unspecified atom stereocenters. The summed E-state index contributed by atoms with van der Waals surface area (Å²) in [5.41, 5.74) is 0.911. The normalized spacial score (nSPS) is 18.3. The lowest BCUT2D eigenvalue weighted by Crippen LogP contribution is -2.43. The van der Waals surface area contributed by atoms with Crippen molar-refractivity contribution in [1.29, 1.82) is 0 Å². The molecule has 0 aliphatic carbocycles. The zero-order valence-corrected chi connectivity index (χ0v) is 13.7. The van der Waals surface area contributed by atoms with E-state index < -0.39 is 0 Å². The van der Waals surface area contributed by atoms with E-state index in [1.54, 1.807) is 10.8 Å². The molecule has 4 nitrogen and oxygen atoms in total. The lowest BCUT2D eigenvalue weighted by molar-refractivity contribution is -0.134. The third-order valence-corrected chi connectivity index (χ3v) is 4.84. The van der Waals surface area contributed by atoms with Crippen molar-refractivity contribution < 1.29 is 9.59 Å². The highest BCUT2D eigenvalue weighted by Gasteiger charge is 2.25. The summed E-state index contributed by atoms with van der Waals surface area (Å²) in [4.78, 5) is 26.9. The fourth-order valence-corrected chi connectivity index (χ4v) is 3.53. The molecule has 3 rings (SSSR count). The van der Waals surface area contributed by atoms with Crippen LogP contribution in [0.2, 0.25) is 0 Å². The van der Waals surface area contributed by atoms with E-state index in [1.165, 1.54) is 6.42 Å². The van der Waals surface area contributed by atoms with Crippen LogP contribution >= 0.6 is 0 Å². The van der Waals surface area contributed by atoms with Gasteiger partial charge in [0.1, 0.15) is 0 Å². The summed E-state index contributed by atoms with van der Waals surface area (Å²) >= 11 is 0. The molecule has 1 aromatic carbocycles. The van der Waals surface area contributed by atoms with Crippen molar-refractivity contribution in [3.63, 3.8) is 0 Å². The predicted molar refractivity (Wildman–Crippen MR) is 91.4 cm³/mol. The summed E-state index contributed by atoms with van der Waals surface area (Å²) in [6.07, 6.45) is 6.76. The maximum atomic E-state index is 12.5. The van der Waals surface area contributed by atoms with E-state index in [9.17, 15) is 9.59 Å². The number of aromatic nitrogens is 1. The molecule has 0 bridgehead atoms. The Morgan fingerprint density at radius 3 is 2.70 bits per heavy atom. The van der Waals surface area contributed by atoms with Crippen molar-refractivity contribution in [2.45, 2.75) is 51.5 Å². The van der Waals surface area contributed by atoms with Crippen LogP contribution in [0.25, 0.3) is 10.9 Å². The van der Waals surface area contributed by atoms with Crippen LogP contribution < -0.4 is 0 Å². The molecule has 1 aromatic heterocycles. The Balaban J connectivity index is 1.63.